The van der Waals surface area contributed by atoms with Crippen LogP contribution in [0.3, 0.4) is 0 Å². The minimum Gasteiger partial charge on any atom is -0.351 e. The zero-order valence-corrected chi connectivity index (χ0v) is 9.95. The van der Waals surface area contributed by atoms with Crippen LogP contribution >= 0.6 is 0 Å². The van der Waals surface area contributed by atoms with Gasteiger partial charge in [0.15, 0.2) is 0 Å². The lowest BCUT2D eigenvalue weighted by molar-refractivity contribution is 0.503. The number of imidazole rings is 1. The second-order valence-corrected chi connectivity index (χ2v) is 4.45. The predicted molar refractivity (Wildman–Crippen MR) is 65.0 cm³/mol. The van der Waals surface area contributed by atoms with E-state index in [1.54, 1.807) is 0 Å². The lowest BCUT2D eigenvalue weighted by Gasteiger charge is -2.26. The van der Waals surface area contributed by atoms with Crippen LogP contribution in [0.15, 0.2) is 25.0 Å². The fourth-order valence-electron chi connectivity index (χ4n) is 1.71. The van der Waals surface area contributed by atoms with Crippen molar-refractivity contribution in [1.29, 1.82) is 0 Å². The zero-order valence-electron chi connectivity index (χ0n) is 9.95. The number of allylic oxidation sites excluding steroid dienone is 1. The van der Waals surface area contributed by atoms with Crippen LogP contribution in [0.2, 0.25) is 0 Å². The Labute approximate surface area is 92.2 Å². The molecule has 0 radical (unpaired) electrons. The number of nitrogens with one attached hydrogen (secondary N) is 1. The van der Waals surface area contributed by atoms with Gasteiger partial charge in [0.2, 0.25) is 5.95 Å². The summed E-state index contributed by atoms with van der Waals surface area (Å²) in [5.74, 6) is 0.924. The number of rotatable bonds is 6. The normalized spacial score (nSPS) is 11.4. The van der Waals surface area contributed by atoms with Gasteiger partial charge in [0, 0.05) is 24.5 Å². The van der Waals surface area contributed by atoms with Gasteiger partial charge in [-0.05, 0) is 20.3 Å². The molecule has 0 saturated heterocycles. The second-order valence-electron chi connectivity index (χ2n) is 4.45. The Kier molecular flexibility index (Phi) is 3.95. The Morgan fingerprint density at radius 3 is 2.93 bits per heavy atom. The topological polar surface area (TPSA) is 29.9 Å². The molecule has 0 fully saturated rings. The average Bonchev–Trinajstić information content (AvgIpc) is 2.52. The smallest absolute Gasteiger partial charge is 0.203 e. The van der Waals surface area contributed by atoms with Crippen LogP contribution in [0.25, 0.3) is 0 Å². The van der Waals surface area contributed by atoms with E-state index in [-0.39, 0.29) is 5.54 Å². The van der Waals surface area contributed by atoms with Crippen LogP contribution in [-0.2, 0) is 6.54 Å². The first-order valence-corrected chi connectivity index (χ1v) is 5.49. The zero-order chi connectivity index (χ0) is 11.3. The van der Waals surface area contributed by atoms with E-state index in [0.717, 1.165) is 18.9 Å². The Morgan fingerprint density at radius 1 is 1.60 bits per heavy atom. The molecule has 0 saturated carbocycles. The summed E-state index contributed by atoms with van der Waals surface area (Å²) >= 11 is 0. The fourth-order valence-corrected chi connectivity index (χ4v) is 1.71. The first-order chi connectivity index (χ1) is 7.09. The molecule has 1 heterocycles. The van der Waals surface area contributed by atoms with E-state index in [2.05, 4.69) is 42.2 Å². The highest BCUT2D eigenvalue weighted by molar-refractivity contribution is 5.30. The highest BCUT2D eigenvalue weighted by Gasteiger charge is 2.17. The average molecular weight is 207 g/mol. The standard InChI is InChI=1S/C12H21N3/c1-5-7-12(3,4)14-11-13-8-10-15(11)9-6-2/h6,8,10H,2,5,7,9H2,1,3-4H3,(H,13,14). The monoisotopic (exact) mass is 207 g/mol. The van der Waals surface area contributed by atoms with E-state index in [0.29, 0.717) is 0 Å². The molecule has 0 aliphatic rings. The van der Waals surface area contributed by atoms with Gasteiger partial charge in [0.1, 0.15) is 0 Å². The number of hydrogen-bond donors (Lipinski definition) is 1. The van der Waals surface area contributed by atoms with Crippen molar-refractivity contribution < 1.29 is 0 Å². The molecule has 0 amide bonds. The third-order valence-electron chi connectivity index (χ3n) is 2.37. The fraction of sp³-hybridized carbons (Fsp3) is 0.583. The predicted octanol–water partition coefficient (Wildman–Crippen LogP) is 3.06. The van der Waals surface area contributed by atoms with Crippen molar-refractivity contribution in [3.63, 3.8) is 0 Å². The molecule has 1 N–H and O–H groups in total. The van der Waals surface area contributed by atoms with Gasteiger partial charge >= 0.3 is 0 Å². The van der Waals surface area contributed by atoms with Gasteiger partial charge in [-0.25, -0.2) is 4.98 Å². The van der Waals surface area contributed by atoms with Crippen molar-refractivity contribution in [3.05, 3.63) is 25.0 Å². The van der Waals surface area contributed by atoms with Gasteiger partial charge in [-0.2, -0.15) is 0 Å². The highest BCUT2D eigenvalue weighted by Crippen LogP contribution is 2.18. The van der Waals surface area contributed by atoms with E-state index in [1.807, 2.05) is 18.5 Å². The molecule has 3 heteroatoms. The van der Waals surface area contributed by atoms with Crippen LogP contribution in [-0.4, -0.2) is 15.1 Å². The van der Waals surface area contributed by atoms with Gasteiger partial charge in [0.05, 0.1) is 0 Å². The summed E-state index contributed by atoms with van der Waals surface area (Å²) in [7, 11) is 0. The van der Waals surface area contributed by atoms with E-state index in [4.69, 9.17) is 0 Å². The molecule has 0 aromatic carbocycles. The van der Waals surface area contributed by atoms with Crippen LogP contribution < -0.4 is 5.32 Å². The Balaban J connectivity index is 2.70. The van der Waals surface area contributed by atoms with E-state index in [9.17, 15) is 0 Å². The van der Waals surface area contributed by atoms with Crippen molar-refractivity contribution in [2.75, 3.05) is 5.32 Å². The summed E-state index contributed by atoms with van der Waals surface area (Å²) in [6.07, 6.45) is 7.95. The number of nitrogens with zero attached hydrogens (tertiary/aromatic N) is 2. The van der Waals surface area contributed by atoms with Gasteiger partial charge in [-0.3, -0.25) is 0 Å². The lowest BCUT2D eigenvalue weighted by Crippen LogP contribution is -2.32. The molecule has 1 aromatic rings. The SMILES string of the molecule is C=CCn1ccnc1NC(C)(C)CCC. The Bertz CT molecular complexity index is 312. The van der Waals surface area contributed by atoms with Crippen LogP contribution in [0.5, 0.6) is 0 Å². The summed E-state index contributed by atoms with van der Waals surface area (Å²) in [6, 6.07) is 0. The van der Waals surface area contributed by atoms with Crippen molar-refractivity contribution in [1.82, 2.24) is 9.55 Å². The maximum absolute atomic E-state index is 4.31. The van der Waals surface area contributed by atoms with Gasteiger partial charge in [-0.1, -0.05) is 19.4 Å². The maximum Gasteiger partial charge on any atom is 0.203 e. The summed E-state index contributed by atoms with van der Waals surface area (Å²) in [6.45, 7) is 11.1. The minimum absolute atomic E-state index is 0.0963. The molecule has 1 rings (SSSR count). The maximum atomic E-state index is 4.31. The molecule has 0 unspecified atom stereocenters. The molecular formula is C12H21N3. The van der Waals surface area contributed by atoms with E-state index < -0.39 is 0 Å². The van der Waals surface area contributed by atoms with E-state index in [1.165, 1.54) is 6.42 Å². The molecule has 0 aliphatic carbocycles. The highest BCUT2D eigenvalue weighted by atomic mass is 15.2. The summed E-state index contributed by atoms with van der Waals surface area (Å²) in [5, 5.41) is 3.46. The molecule has 0 atom stereocenters. The third kappa shape index (κ3) is 3.42. The lowest BCUT2D eigenvalue weighted by atomic mass is 9.99. The number of anilines is 1. The number of aromatic nitrogens is 2. The minimum atomic E-state index is 0.0963. The van der Waals surface area contributed by atoms with Gasteiger partial charge in [0.25, 0.3) is 0 Å². The third-order valence-corrected chi connectivity index (χ3v) is 2.37. The van der Waals surface area contributed by atoms with Crippen molar-refractivity contribution in [2.24, 2.45) is 0 Å². The Hall–Kier alpha value is -1.25. The van der Waals surface area contributed by atoms with Crippen molar-refractivity contribution in [2.45, 2.75) is 45.7 Å². The molecule has 0 bridgehead atoms. The van der Waals surface area contributed by atoms with Crippen LogP contribution in [0, 0.1) is 0 Å². The Morgan fingerprint density at radius 2 is 2.33 bits per heavy atom. The van der Waals surface area contributed by atoms with Gasteiger partial charge in [-0.15, -0.1) is 6.58 Å². The van der Waals surface area contributed by atoms with E-state index >= 15 is 0 Å². The van der Waals surface area contributed by atoms with Crippen LogP contribution in [0.1, 0.15) is 33.6 Å². The molecule has 84 valence electrons. The van der Waals surface area contributed by atoms with Crippen molar-refractivity contribution in [3.8, 4) is 0 Å². The first-order valence-electron chi connectivity index (χ1n) is 5.49. The number of hydrogen-bond acceptors (Lipinski definition) is 2. The molecule has 1 aromatic heterocycles. The molecular weight excluding hydrogens is 186 g/mol. The van der Waals surface area contributed by atoms with Gasteiger partial charge < -0.3 is 9.88 Å². The molecule has 3 nitrogen and oxygen atoms in total. The molecule has 0 aliphatic heterocycles. The summed E-state index contributed by atoms with van der Waals surface area (Å²) in [5.41, 5.74) is 0.0963. The van der Waals surface area contributed by atoms with Crippen LogP contribution in [0.4, 0.5) is 5.95 Å². The quantitative estimate of drug-likeness (QED) is 0.726. The largest absolute Gasteiger partial charge is 0.351 e. The van der Waals surface area contributed by atoms with Crippen molar-refractivity contribution >= 4 is 5.95 Å². The molecule has 15 heavy (non-hydrogen) atoms. The first kappa shape index (κ1) is 11.8. The second kappa shape index (κ2) is 5.01. The summed E-state index contributed by atoms with van der Waals surface area (Å²) < 4.78 is 2.06. The summed E-state index contributed by atoms with van der Waals surface area (Å²) in [4.78, 5) is 4.31. The molecule has 0 spiro atoms.